The van der Waals surface area contributed by atoms with Gasteiger partial charge in [0.25, 0.3) is 0 Å². The van der Waals surface area contributed by atoms with Crippen molar-refractivity contribution in [1.82, 2.24) is 5.32 Å². The Morgan fingerprint density at radius 3 is 2.88 bits per heavy atom. The lowest BCUT2D eigenvalue weighted by atomic mass is 10.3. The summed E-state index contributed by atoms with van der Waals surface area (Å²) in [4.78, 5) is 0.706. The third kappa shape index (κ3) is 3.91. The zero-order valence-electron chi connectivity index (χ0n) is 9.36. The fourth-order valence-corrected chi connectivity index (χ4v) is 2.27. The highest BCUT2D eigenvalue weighted by Gasteiger charge is 2.00. The maximum Gasteiger partial charge on any atom is 0.136 e. The summed E-state index contributed by atoms with van der Waals surface area (Å²) in [5.74, 6) is 0.700. The van der Waals surface area contributed by atoms with Crippen LogP contribution in [0.25, 0.3) is 0 Å². The fourth-order valence-electron chi connectivity index (χ4n) is 1.42. The topological polar surface area (TPSA) is 25.2 Å². The van der Waals surface area contributed by atoms with E-state index in [9.17, 15) is 4.39 Å². The van der Waals surface area contributed by atoms with Crippen molar-refractivity contribution in [3.8, 4) is 0 Å². The molecule has 0 aliphatic carbocycles. The van der Waals surface area contributed by atoms with Crippen LogP contribution in [0.15, 0.2) is 52.2 Å². The van der Waals surface area contributed by atoms with Gasteiger partial charge in [-0.2, -0.15) is 0 Å². The average Bonchev–Trinajstić information content (AvgIpc) is 2.84. The first-order valence-corrected chi connectivity index (χ1v) is 6.44. The lowest BCUT2D eigenvalue weighted by molar-refractivity contribution is 0.561. The maximum atomic E-state index is 13.3. The molecule has 17 heavy (non-hydrogen) atoms. The van der Waals surface area contributed by atoms with E-state index in [4.69, 9.17) is 4.42 Å². The van der Waals surface area contributed by atoms with E-state index in [1.165, 1.54) is 17.8 Å². The minimum atomic E-state index is -0.146. The Hall–Kier alpha value is -1.26. The van der Waals surface area contributed by atoms with Gasteiger partial charge in [-0.05, 0) is 18.2 Å². The lowest BCUT2D eigenvalue weighted by Crippen LogP contribution is -2.16. The number of thioether (sulfide) groups is 1. The van der Waals surface area contributed by atoms with Crippen molar-refractivity contribution >= 4 is 11.8 Å². The van der Waals surface area contributed by atoms with Crippen molar-refractivity contribution in [1.29, 1.82) is 0 Å². The quantitative estimate of drug-likeness (QED) is 0.630. The standard InChI is InChI=1S/C13H14FNOS/c14-12-3-1-2-4-13(12)17-8-6-15-9-11-5-7-16-10-11/h1-5,7,10,15H,6,8-9H2. The van der Waals surface area contributed by atoms with Gasteiger partial charge in [0.1, 0.15) is 5.82 Å². The minimum Gasteiger partial charge on any atom is -0.472 e. The molecule has 0 fully saturated rings. The molecule has 2 rings (SSSR count). The lowest BCUT2D eigenvalue weighted by Gasteiger charge is -2.04. The second-order valence-electron chi connectivity index (χ2n) is 3.59. The molecule has 4 heteroatoms. The molecule has 0 saturated carbocycles. The zero-order valence-corrected chi connectivity index (χ0v) is 10.2. The molecule has 0 unspecified atom stereocenters. The van der Waals surface area contributed by atoms with E-state index in [1.807, 2.05) is 12.1 Å². The van der Waals surface area contributed by atoms with E-state index < -0.39 is 0 Å². The highest BCUT2D eigenvalue weighted by atomic mass is 32.2. The molecule has 90 valence electrons. The van der Waals surface area contributed by atoms with Crippen LogP contribution in [-0.4, -0.2) is 12.3 Å². The maximum absolute atomic E-state index is 13.3. The molecule has 0 saturated heterocycles. The Bertz CT molecular complexity index is 444. The van der Waals surface area contributed by atoms with Crippen LogP contribution in [0.3, 0.4) is 0 Å². The van der Waals surface area contributed by atoms with Gasteiger partial charge in [0, 0.05) is 29.3 Å². The van der Waals surface area contributed by atoms with Crippen LogP contribution >= 0.6 is 11.8 Å². The van der Waals surface area contributed by atoms with Gasteiger partial charge in [-0.3, -0.25) is 0 Å². The molecule has 0 radical (unpaired) electrons. The summed E-state index contributed by atoms with van der Waals surface area (Å²) in [5, 5.41) is 3.27. The Labute approximate surface area is 104 Å². The monoisotopic (exact) mass is 251 g/mol. The smallest absolute Gasteiger partial charge is 0.136 e. The minimum absolute atomic E-state index is 0.146. The first-order valence-electron chi connectivity index (χ1n) is 5.45. The van der Waals surface area contributed by atoms with Crippen LogP contribution < -0.4 is 5.32 Å². The average molecular weight is 251 g/mol. The van der Waals surface area contributed by atoms with Gasteiger partial charge in [0.2, 0.25) is 0 Å². The first kappa shape index (κ1) is 12.2. The summed E-state index contributed by atoms with van der Waals surface area (Å²) in [6, 6.07) is 8.77. The van der Waals surface area contributed by atoms with Crippen molar-refractivity contribution < 1.29 is 8.81 Å². The molecule has 0 amide bonds. The van der Waals surface area contributed by atoms with Crippen molar-refractivity contribution in [3.63, 3.8) is 0 Å². The molecule has 1 aromatic heterocycles. The van der Waals surface area contributed by atoms with E-state index in [0.29, 0.717) is 4.90 Å². The summed E-state index contributed by atoms with van der Waals surface area (Å²) in [6.45, 7) is 1.62. The third-order valence-electron chi connectivity index (χ3n) is 2.28. The molecule has 2 nitrogen and oxygen atoms in total. The van der Waals surface area contributed by atoms with Crippen LogP contribution in [0, 0.1) is 5.82 Å². The Morgan fingerprint density at radius 1 is 1.24 bits per heavy atom. The fraction of sp³-hybridized carbons (Fsp3) is 0.231. The van der Waals surface area contributed by atoms with Crippen LogP contribution in [0.2, 0.25) is 0 Å². The summed E-state index contributed by atoms with van der Waals surface area (Å²) in [6.07, 6.45) is 3.38. The van der Waals surface area contributed by atoms with Crippen molar-refractivity contribution in [2.24, 2.45) is 0 Å². The van der Waals surface area contributed by atoms with Gasteiger partial charge < -0.3 is 9.73 Å². The Balaban J connectivity index is 1.65. The molecule has 0 aliphatic rings. The second-order valence-corrected chi connectivity index (χ2v) is 4.72. The van der Waals surface area contributed by atoms with E-state index in [1.54, 1.807) is 24.7 Å². The van der Waals surface area contributed by atoms with Crippen molar-refractivity contribution in [2.75, 3.05) is 12.3 Å². The van der Waals surface area contributed by atoms with Crippen LogP contribution in [0.1, 0.15) is 5.56 Å². The Kier molecular flexibility index (Phi) is 4.64. The molecule has 1 aromatic carbocycles. The first-order chi connectivity index (χ1) is 8.36. The highest BCUT2D eigenvalue weighted by molar-refractivity contribution is 7.99. The third-order valence-corrected chi connectivity index (χ3v) is 3.33. The van der Waals surface area contributed by atoms with Gasteiger partial charge in [-0.25, -0.2) is 4.39 Å². The zero-order chi connectivity index (χ0) is 11.9. The number of furan rings is 1. The molecular formula is C13H14FNOS. The summed E-state index contributed by atoms with van der Waals surface area (Å²) < 4.78 is 18.2. The number of nitrogens with one attached hydrogen (secondary N) is 1. The van der Waals surface area contributed by atoms with Gasteiger partial charge in [-0.1, -0.05) is 12.1 Å². The number of hydrogen-bond acceptors (Lipinski definition) is 3. The number of rotatable bonds is 6. The van der Waals surface area contributed by atoms with Crippen molar-refractivity contribution in [2.45, 2.75) is 11.4 Å². The molecular weight excluding hydrogens is 237 g/mol. The molecule has 1 heterocycles. The Morgan fingerprint density at radius 2 is 2.12 bits per heavy atom. The van der Waals surface area contributed by atoms with Gasteiger partial charge in [-0.15, -0.1) is 11.8 Å². The van der Waals surface area contributed by atoms with Crippen molar-refractivity contribution in [3.05, 3.63) is 54.2 Å². The summed E-state index contributed by atoms with van der Waals surface area (Å²) in [5.41, 5.74) is 1.13. The number of hydrogen-bond donors (Lipinski definition) is 1. The molecule has 0 bridgehead atoms. The number of halogens is 1. The van der Waals surface area contributed by atoms with E-state index in [-0.39, 0.29) is 5.82 Å². The molecule has 0 atom stereocenters. The largest absolute Gasteiger partial charge is 0.472 e. The van der Waals surface area contributed by atoms with Gasteiger partial charge >= 0.3 is 0 Å². The predicted molar refractivity (Wildman–Crippen MR) is 67.5 cm³/mol. The summed E-state index contributed by atoms with van der Waals surface area (Å²) in [7, 11) is 0. The van der Waals surface area contributed by atoms with Crippen LogP contribution in [0.5, 0.6) is 0 Å². The van der Waals surface area contributed by atoms with Crippen LogP contribution in [-0.2, 0) is 6.54 Å². The van der Waals surface area contributed by atoms with E-state index in [0.717, 1.165) is 24.4 Å². The predicted octanol–water partition coefficient (Wildman–Crippen LogP) is 3.30. The van der Waals surface area contributed by atoms with E-state index >= 15 is 0 Å². The van der Waals surface area contributed by atoms with Gasteiger partial charge in [0.15, 0.2) is 0 Å². The molecule has 0 aliphatic heterocycles. The summed E-state index contributed by atoms with van der Waals surface area (Å²) >= 11 is 1.52. The van der Waals surface area contributed by atoms with Gasteiger partial charge in [0.05, 0.1) is 12.5 Å². The van der Waals surface area contributed by atoms with Crippen LogP contribution in [0.4, 0.5) is 4.39 Å². The number of benzene rings is 1. The highest BCUT2D eigenvalue weighted by Crippen LogP contribution is 2.20. The normalized spacial score (nSPS) is 10.6. The second kappa shape index (κ2) is 6.47. The molecule has 0 spiro atoms. The molecule has 2 aromatic rings. The SMILES string of the molecule is Fc1ccccc1SCCNCc1ccoc1. The van der Waals surface area contributed by atoms with E-state index in [2.05, 4.69) is 5.32 Å². The molecule has 1 N–H and O–H groups in total.